The molecule has 0 aliphatic carbocycles. The van der Waals surface area contributed by atoms with Gasteiger partial charge in [0.05, 0.1) is 6.10 Å². The minimum Gasteiger partial charge on any atom is -0.490 e. The van der Waals surface area contributed by atoms with E-state index in [9.17, 15) is 0 Å². The van der Waals surface area contributed by atoms with Crippen LogP contribution < -0.4 is 10.5 Å². The van der Waals surface area contributed by atoms with E-state index in [0.29, 0.717) is 0 Å². The SMILES string of the molecule is CCC(CC(C)N)Oc1c(C)cccc1C. The number of hydrogen-bond donors (Lipinski definition) is 1. The van der Waals surface area contributed by atoms with Crippen LogP contribution in [-0.4, -0.2) is 12.1 Å². The summed E-state index contributed by atoms with van der Waals surface area (Å²) in [5.74, 6) is 1.02. The van der Waals surface area contributed by atoms with Crippen LogP contribution in [0.3, 0.4) is 0 Å². The quantitative estimate of drug-likeness (QED) is 0.828. The number of ether oxygens (including phenoxy) is 1. The molecule has 0 aliphatic heterocycles. The summed E-state index contributed by atoms with van der Waals surface area (Å²) in [6, 6.07) is 6.42. The maximum absolute atomic E-state index is 6.06. The summed E-state index contributed by atoms with van der Waals surface area (Å²) in [4.78, 5) is 0. The first-order chi connectivity index (χ1) is 7.54. The van der Waals surface area contributed by atoms with E-state index in [2.05, 4.69) is 39.0 Å². The standard InChI is InChI=1S/C14H23NO/c1-5-13(9-12(4)15)16-14-10(2)7-6-8-11(14)3/h6-8,12-13H,5,9,15H2,1-4H3. The normalized spacial score (nSPS) is 14.6. The Morgan fingerprint density at radius 1 is 1.25 bits per heavy atom. The van der Waals surface area contributed by atoms with Gasteiger partial charge in [0.15, 0.2) is 0 Å². The van der Waals surface area contributed by atoms with Crippen LogP contribution >= 0.6 is 0 Å². The molecule has 2 heteroatoms. The van der Waals surface area contributed by atoms with Gasteiger partial charge in [0.2, 0.25) is 0 Å². The highest BCUT2D eigenvalue weighted by Crippen LogP contribution is 2.25. The molecule has 90 valence electrons. The lowest BCUT2D eigenvalue weighted by atomic mass is 10.1. The van der Waals surface area contributed by atoms with Crippen LogP contribution in [0.5, 0.6) is 5.75 Å². The van der Waals surface area contributed by atoms with Gasteiger partial charge in [-0.1, -0.05) is 25.1 Å². The fourth-order valence-electron chi connectivity index (χ4n) is 1.86. The van der Waals surface area contributed by atoms with Crippen LogP contribution in [0.4, 0.5) is 0 Å². The molecule has 1 rings (SSSR count). The van der Waals surface area contributed by atoms with Gasteiger partial charge in [0.1, 0.15) is 5.75 Å². The zero-order valence-corrected chi connectivity index (χ0v) is 10.8. The van der Waals surface area contributed by atoms with Crippen molar-refractivity contribution in [3.05, 3.63) is 29.3 Å². The van der Waals surface area contributed by atoms with Gasteiger partial charge in [-0.3, -0.25) is 0 Å². The second kappa shape index (κ2) is 5.90. The Hall–Kier alpha value is -1.02. The molecule has 0 radical (unpaired) electrons. The van der Waals surface area contributed by atoms with Gasteiger partial charge in [-0.05, 0) is 44.7 Å². The van der Waals surface area contributed by atoms with Gasteiger partial charge in [-0.2, -0.15) is 0 Å². The number of hydrogen-bond acceptors (Lipinski definition) is 2. The van der Waals surface area contributed by atoms with Crippen LogP contribution in [-0.2, 0) is 0 Å². The molecule has 2 atom stereocenters. The molecular weight excluding hydrogens is 198 g/mol. The Morgan fingerprint density at radius 3 is 2.25 bits per heavy atom. The topological polar surface area (TPSA) is 35.2 Å². The van der Waals surface area contributed by atoms with Crippen molar-refractivity contribution in [1.29, 1.82) is 0 Å². The molecule has 0 fully saturated rings. The molecule has 0 amide bonds. The third-order valence-corrected chi connectivity index (χ3v) is 2.78. The average Bonchev–Trinajstić information content (AvgIpc) is 2.21. The summed E-state index contributed by atoms with van der Waals surface area (Å²) < 4.78 is 6.06. The smallest absolute Gasteiger partial charge is 0.125 e. The fourth-order valence-corrected chi connectivity index (χ4v) is 1.86. The first-order valence-corrected chi connectivity index (χ1v) is 6.03. The summed E-state index contributed by atoms with van der Waals surface area (Å²) >= 11 is 0. The fraction of sp³-hybridized carbons (Fsp3) is 0.571. The molecule has 0 aromatic heterocycles. The van der Waals surface area contributed by atoms with Crippen LogP contribution in [0.25, 0.3) is 0 Å². The molecule has 2 N–H and O–H groups in total. The minimum atomic E-state index is 0.189. The lowest BCUT2D eigenvalue weighted by Gasteiger charge is -2.22. The van der Waals surface area contributed by atoms with E-state index in [1.54, 1.807) is 0 Å². The summed E-state index contributed by atoms with van der Waals surface area (Å²) in [6.45, 7) is 8.33. The predicted octanol–water partition coefficient (Wildman–Crippen LogP) is 3.20. The Balaban J connectivity index is 2.77. The molecule has 0 bridgehead atoms. The van der Waals surface area contributed by atoms with Crippen molar-refractivity contribution in [2.45, 2.75) is 52.7 Å². The van der Waals surface area contributed by atoms with Crippen LogP contribution in [0.15, 0.2) is 18.2 Å². The zero-order chi connectivity index (χ0) is 12.1. The Labute approximate surface area is 98.8 Å². The maximum atomic E-state index is 6.06. The number of benzene rings is 1. The maximum Gasteiger partial charge on any atom is 0.125 e. The summed E-state index contributed by atoms with van der Waals surface area (Å²) in [5, 5.41) is 0. The third kappa shape index (κ3) is 3.53. The van der Waals surface area contributed by atoms with Crippen molar-refractivity contribution in [2.75, 3.05) is 0 Å². The second-order valence-corrected chi connectivity index (χ2v) is 4.58. The van der Waals surface area contributed by atoms with Crippen LogP contribution in [0, 0.1) is 13.8 Å². The van der Waals surface area contributed by atoms with Crippen LogP contribution in [0.2, 0.25) is 0 Å². The van der Waals surface area contributed by atoms with Crippen LogP contribution in [0.1, 0.15) is 37.8 Å². The third-order valence-electron chi connectivity index (χ3n) is 2.78. The Kier molecular flexibility index (Phi) is 4.81. The molecule has 0 saturated heterocycles. The molecule has 16 heavy (non-hydrogen) atoms. The van der Waals surface area contributed by atoms with E-state index in [0.717, 1.165) is 18.6 Å². The lowest BCUT2D eigenvalue weighted by molar-refractivity contribution is 0.177. The molecule has 0 saturated carbocycles. The summed E-state index contributed by atoms with van der Waals surface area (Å²) in [6.07, 6.45) is 2.12. The van der Waals surface area contributed by atoms with Crippen molar-refractivity contribution >= 4 is 0 Å². The number of rotatable bonds is 5. The first-order valence-electron chi connectivity index (χ1n) is 6.03. The number of para-hydroxylation sites is 1. The van der Waals surface area contributed by atoms with E-state index in [4.69, 9.17) is 10.5 Å². The second-order valence-electron chi connectivity index (χ2n) is 4.58. The highest BCUT2D eigenvalue weighted by Gasteiger charge is 2.13. The largest absolute Gasteiger partial charge is 0.490 e. The van der Waals surface area contributed by atoms with Crippen molar-refractivity contribution in [3.8, 4) is 5.75 Å². The Bertz CT molecular complexity index is 313. The van der Waals surface area contributed by atoms with Gasteiger partial charge in [0.25, 0.3) is 0 Å². The van der Waals surface area contributed by atoms with E-state index in [1.807, 2.05) is 6.92 Å². The highest BCUT2D eigenvalue weighted by atomic mass is 16.5. The van der Waals surface area contributed by atoms with Gasteiger partial charge >= 0.3 is 0 Å². The molecule has 0 spiro atoms. The molecule has 1 aromatic carbocycles. The van der Waals surface area contributed by atoms with E-state index in [1.165, 1.54) is 11.1 Å². The monoisotopic (exact) mass is 221 g/mol. The van der Waals surface area contributed by atoms with E-state index < -0.39 is 0 Å². The minimum absolute atomic E-state index is 0.189. The van der Waals surface area contributed by atoms with E-state index >= 15 is 0 Å². The molecule has 1 aromatic rings. The van der Waals surface area contributed by atoms with Gasteiger partial charge in [0, 0.05) is 6.04 Å². The van der Waals surface area contributed by atoms with Gasteiger partial charge in [-0.25, -0.2) is 0 Å². The zero-order valence-electron chi connectivity index (χ0n) is 10.8. The average molecular weight is 221 g/mol. The molecule has 2 unspecified atom stereocenters. The van der Waals surface area contributed by atoms with Gasteiger partial charge < -0.3 is 10.5 Å². The highest BCUT2D eigenvalue weighted by molar-refractivity contribution is 5.39. The van der Waals surface area contributed by atoms with Crippen molar-refractivity contribution in [1.82, 2.24) is 0 Å². The lowest BCUT2D eigenvalue weighted by Crippen LogP contribution is -2.26. The van der Waals surface area contributed by atoms with Crippen molar-refractivity contribution in [2.24, 2.45) is 5.73 Å². The molecule has 0 heterocycles. The van der Waals surface area contributed by atoms with E-state index in [-0.39, 0.29) is 12.1 Å². The Morgan fingerprint density at radius 2 is 1.81 bits per heavy atom. The molecule has 2 nitrogen and oxygen atoms in total. The summed E-state index contributed by atoms with van der Waals surface area (Å²) in [7, 11) is 0. The number of nitrogens with two attached hydrogens (primary N) is 1. The molecular formula is C14H23NO. The summed E-state index contributed by atoms with van der Waals surface area (Å²) in [5.41, 5.74) is 8.21. The van der Waals surface area contributed by atoms with Gasteiger partial charge in [-0.15, -0.1) is 0 Å². The molecule has 0 aliphatic rings. The predicted molar refractivity (Wildman–Crippen MR) is 68.9 cm³/mol. The van der Waals surface area contributed by atoms with Crippen molar-refractivity contribution in [3.63, 3.8) is 0 Å². The number of aryl methyl sites for hydroxylation is 2. The first kappa shape index (κ1) is 13.0. The van der Waals surface area contributed by atoms with Crippen molar-refractivity contribution < 1.29 is 4.74 Å².